The van der Waals surface area contributed by atoms with Crippen LogP contribution in [-0.4, -0.2) is 47.9 Å². The molecule has 2 amide bonds. The van der Waals surface area contributed by atoms with E-state index in [1.54, 1.807) is 26.2 Å². The van der Waals surface area contributed by atoms with Gasteiger partial charge in [0.15, 0.2) is 0 Å². The number of anilines is 2. The summed E-state index contributed by atoms with van der Waals surface area (Å²) >= 11 is 0. The number of carbonyl (C=O) groups is 4. The summed E-state index contributed by atoms with van der Waals surface area (Å²) in [5.41, 5.74) is 2.70. The van der Waals surface area contributed by atoms with Crippen molar-refractivity contribution in [1.29, 1.82) is 0 Å². The zero-order valence-corrected chi connectivity index (χ0v) is 18.8. The lowest BCUT2D eigenvalue weighted by Gasteiger charge is -2.07. The molecule has 0 aliphatic rings. The van der Waals surface area contributed by atoms with E-state index in [9.17, 15) is 19.2 Å². The minimum Gasteiger partial charge on any atom is -0.465 e. The summed E-state index contributed by atoms with van der Waals surface area (Å²) in [5, 5.41) is 5.46. The highest BCUT2D eigenvalue weighted by Crippen LogP contribution is 2.22. The van der Waals surface area contributed by atoms with Crippen molar-refractivity contribution in [3.63, 3.8) is 0 Å². The second kappa shape index (κ2) is 11.7. The predicted octanol–water partition coefficient (Wildman–Crippen LogP) is 3.45. The molecule has 4 N–H and O–H groups in total. The van der Waals surface area contributed by atoms with Gasteiger partial charge in [0, 0.05) is 36.6 Å². The molecule has 174 valence electrons. The summed E-state index contributed by atoms with van der Waals surface area (Å²) in [7, 11) is 2.58. The van der Waals surface area contributed by atoms with Gasteiger partial charge in [0.1, 0.15) is 11.1 Å². The molecule has 0 aliphatic carbocycles. The van der Waals surface area contributed by atoms with Crippen molar-refractivity contribution in [2.75, 3.05) is 24.9 Å². The van der Waals surface area contributed by atoms with Crippen LogP contribution in [0.1, 0.15) is 70.6 Å². The second-order valence-corrected chi connectivity index (χ2v) is 7.40. The minimum atomic E-state index is -0.508. The zero-order chi connectivity index (χ0) is 23.7. The zero-order valence-electron chi connectivity index (χ0n) is 18.8. The fourth-order valence-corrected chi connectivity index (χ4v) is 3.33. The highest BCUT2D eigenvalue weighted by molar-refractivity contribution is 6.03. The molecule has 2 aromatic rings. The van der Waals surface area contributed by atoms with E-state index in [-0.39, 0.29) is 11.8 Å². The van der Waals surface area contributed by atoms with E-state index < -0.39 is 11.9 Å². The summed E-state index contributed by atoms with van der Waals surface area (Å²) in [4.78, 5) is 53.8. The number of hydrogen-bond donors (Lipinski definition) is 4. The Morgan fingerprint density at radius 3 is 1.44 bits per heavy atom. The van der Waals surface area contributed by atoms with E-state index in [1.165, 1.54) is 14.2 Å². The number of nitrogens with one attached hydrogen (secondary N) is 4. The number of amides is 2. The van der Waals surface area contributed by atoms with E-state index in [1.807, 2.05) is 0 Å². The Morgan fingerprint density at radius 1 is 0.719 bits per heavy atom. The van der Waals surface area contributed by atoms with E-state index in [0.717, 1.165) is 12.8 Å². The monoisotopic (exact) mass is 446 g/mol. The molecule has 2 heterocycles. The number of ether oxygens (including phenoxy) is 2. The first kappa shape index (κ1) is 24.7. The van der Waals surface area contributed by atoms with Crippen molar-refractivity contribution in [3.8, 4) is 0 Å². The normalized spacial score (nSPS) is 10.5. The number of carbonyl (C=O) groups excluding carboxylic acids is 4. The Hall–Kier alpha value is -3.56. The van der Waals surface area contributed by atoms with Crippen molar-refractivity contribution in [1.82, 2.24) is 9.97 Å². The lowest BCUT2D eigenvalue weighted by atomic mass is 10.1. The van der Waals surface area contributed by atoms with Gasteiger partial charge in [-0.15, -0.1) is 0 Å². The highest BCUT2D eigenvalue weighted by atomic mass is 16.5. The molecule has 0 atom stereocenters. The van der Waals surface area contributed by atoms with Gasteiger partial charge in [-0.3, -0.25) is 9.59 Å². The van der Waals surface area contributed by atoms with Gasteiger partial charge < -0.3 is 30.1 Å². The Kier molecular flexibility index (Phi) is 9.06. The van der Waals surface area contributed by atoms with Crippen LogP contribution in [0.5, 0.6) is 0 Å². The first-order valence-electron chi connectivity index (χ1n) is 10.4. The maximum atomic E-state index is 12.2. The standard InChI is InChI=1S/C22H30N4O6/c1-13-19(21(29)31-3)15(11-23-13)25-17(27)9-7-5-6-8-10-18(28)26-16-12-24-14(2)20(16)22(30)32-4/h11-12,23-24H,5-10H2,1-4H3,(H,25,27)(H,26,28). The number of methoxy groups -OCH3 is 2. The van der Waals surface area contributed by atoms with E-state index in [0.29, 0.717) is 59.6 Å². The Balaban J connectivity index is 1.68. The first-order valence-corrected chi connectivity index (χ1v) is 10.4. The average Bonchev–Trinajstić information content (AvgIpc) is 3.31. The van der Waals surface area contributed by atoms with Crippen molar-refractivity contribution in [3.05, 3.63) is 34.9 Å². The number of H-pyrrole nitrogens is 2. The summed E-state index contributed by atoms with van der Waals surface area (Å²) in [6.45, 7) is 3.46. The third-order valence-electron chi connectivity index (χ3n) is 5.04. The van der Waals surface area contributed by atoms with Crippen LogP contribution < -0.4 is 10.6 Å². The fraction of sp³-hybridized carbons (Fsp3) is 0.455. The number of esters is 2. The van der Waals surface area contributed by atoms with Crippen molar-refractivity contribution in [2.45, 2.75) is 52.4 Å². The quantitative estimate of drug-likeness (QED) is 0.308. The lowest BCUT2D eigenvalue weighted by molar-refractivity contribution is -0.117. The third-order valence-corrected chi connectivity index (χ3v) is 5.04. The summed E-state index contributed by atoms with van der Waals surface area (Å²) in [6.07, 6.45) is 6.64. The van der Waals surface area contributed by atoms with Gasteiger partial charge in [0.25, 0.3) is 0 Å². The predicted molar refractivity (Wildman–Crippen MR) is 119 cm³/mol. The first-order chi connectivity index (χ1) is 15.3. The summed E-state index contributed by atoms with van der Waals surface area (Å²) < 4.78 is 9.47. The maximum Gasteiger partial charge on any atom is 0.341 e. The number of aromatic nitrogens is 2. The van der Waals surface area contributed by atoms with Crippen molar-refractivity contribution < 1.29 is 28.7 Å². The Labute approximate surface area is 186 Å². The summed E-state index contributed by atoms with van der Waals surface area (Å²) in [6, 6.07) is 0. The maximum absolute atomic E-state index is 12.2. The third kappa shape index (κ3) is 6.47. The van der Waals surface area contributed by atoms with Gasteiger partial charge in [-0.1, -0.05) is 12.8 Å². The van der Waals surface area contributed by atoms with Crippen molar-refractivity contribution in [2.24, 2.45) is 0 Å². The van der Waals surface area contributed by atoms with E-state index >= 15 is 0 Å². The average molecular weight is 447 g/mol. The molecule has 2 aromatic heterocycles. The molecule has 0 saturated carbocycles. The fourth-order valence-electron chi connectivity index (χ4n) is 3.33. The largest absolute Gasteiger partial charge is 0.465 e. The molecule has 0 unspecified atom stereocenters. The SMILES string of the molecule is COC(=O)c1c(NC(=O)CCCCCCC(=O)Nc2c[nH]c(C)c2C(=O)OC)c[nH]c1C. The molecule has 32 heavy (non-hydrogen) atoms. The molecule has 2 rings (SSSR count). The molecule has 0 aromatic carbocycles. The van der Waals surface area contributed by atoms with Gasteiger partial charge in [-0.05, 0) is 26.7 Å². The molecule has 0 bridgehead atoms. The number of rotatable bonds is 11. The highest BCUT2D eigenvalue weighted by Gasteiger charge is 2.19. The van der Waals surface area contributed by atoms with Gasteiger partial charge in [0.05, 0.1) is 25.6 Å². The van der Waals surface area contributed by atoms with Crippen LogP contribution >= 0.6 is 0 Å². The molecule has 0 fully saturated rings. The molecule has 0 spiro atoms. The van der Waals surface area contributed by atoms with Crippen LogP contribution in [0.25, 0.3) is 0 Å². The minimum absolute atomic E-state index is 0.190. The lowest BCUT2D eigenvalue weighted by Crippen LogP contribution is -2.14. The Morgan fingerprint density at radius 2 is 1.09 bits per heavy atom. The van der Waals surface area contributed by atoms with Gasteiger partial charge in [-0.25, -0.2) is 9.59 Å². The van der Waals surface area contributed by atoms with Crippen molar-refractivity contribution >= 4 is 35.1 Å². The van der Waals surface area contributed by atoms with E-state index in [2.05, 4.69) is 20.6 Å². The van der Waals surface area contributed by atoms with E-state index in [4.69, 9.17) is 9.47 Å². The molecule has 0 saturated heterocycles. The second-order valence-electron chi connectivity index (χ2n) is 7.40. The van der Waals surface area contributed by atoms with Crippen LogP contribution in [0.15, 0.2) is 12.4 Å². The molecular formula is C22H30N4O6. The van der Waals surface area contributed by atoms with Crippen LogP contribution in [-0.2, 0) is 19.1 Å². The number of hydrogen-bond acceptors (Lipinski definition) is 6. The molecule has 10 nitrogen and oxygen atoms in total. The molecular weight excluding hydrogens is 416 g/mol. The summed E-state index contributed by atoms with van der Waals surface area (Å²) in [5.74, 6) is -1.40. The molecule has 10 heteroatoms. The molecule has 0 radical (unpaired) electrons. The van der Waals surface area contributed by atoms with Gasteiger partial charge in [0.2, 0.25) is 11.8 Å². The van der Waals surface area contributed by atoms with Gasteiger partial charge in [-0.2, -0.15) is 0 Å². The van der Waals surface area contributed by atoms with Crippen LogP contribution in [0.3, 0.4) is 0 Å². The topological polar surface area (TPSA) is 142 Å². The van der Waals surface area contributed by atoms with Gasteiger partial charge >= 0.3 is 11.9 Å². The number of aryl methyl sites for hydroxylation is 2. The smallest absolute Gasteiger partial charge is 0.341 e. The van der Waals surface area contributed by atoms with Crippen LogP contribution in [0.4, 0.5) is 11.4 Å². The molecule has 0 aliphatic heterocycles. The van der Waals surface area contributed by atoms with Crippen LogP contribution in [0, 0.1) is 13.8 Å². The Bertz CT molecular complexity index is 897. The number of unbranched alkanes of at least 4 members (excludes halogenated alkanes) is 3. The number of aromatic amines is 2. The van der Waals surface area contributed by atoms with Crippen LogP contribution in [0.2, 0.25) is 0 Å².